The molecule has 0 saturated heterocycles. The lowest BCUT2D eigenvalue weighted by Gasteiger charge is -2.09. The fraction of sp³-hybridized carbons (Fsp3) is 0.438. The third-order valence-corrected chi connectivity index (χ3v) is 4.22. The molecule has 1 fully saturated rings. The summed E-state index contributed by atoms with van der Waals surface area (Å²) in [5, 5.41) is 4.34. The van der Waals surface area contributed by atoms with E-state index in [2.05, 4.69) is 17.2 Å². The summed E-state index contributed by atoms with van der Waals surface area (Å²) in [7, 11) is 0. The summed E-state index contributed by atoms with van der Waals surface area (Å²) in [5.41, 5.74) is 3.23. The highest BCUT2D eigenvalue weighted by Crippen LogP contribution is 2.23. The van der Waals surface area contributed by atoms with Crippen LogP contribution in [-0.2, 0) is 6.54 Å². The molecule has 2 N–H and O–H groups in total. The second-order valence-electron chi connectivity index (χ2n) is 5.53. The molecule has 2 aromatic rings. The van der Waals surface area contributed by atoms with Crippen molar-refractivity contribution in [3.63, 3.8) is 0 Å². The molecule has 106 valence electrons. The Morgan fingerprint density at radius 3 is 2.65 bits per heavy atom. The summed E-state index contributed by atoms with van der Waals surface area (Å²) < 4.78 is 0. The number of hydrogen-bond acceptors (Lipinski definition) is 2. The highest BCUT2D eigenvalue weighted by molar-refractivity contribution is 6.30. The molecule has 0 amide bonds. The van der Waals surface area contributed by atoms with Crippen molar-refractivity contribution in [1.29, 1.82) is 0 Å². The Kier molecular flexibility index (Phi) is 4.08. The SMILES string of the molecule is Cc1[nH]c(CNC2CCCC2)nc1-c1ccc(Cl)cc1. The van der Waals surface area contributed by atoms with Crippen LogP contribution in [-0.4, -0.2) is 16.0 Å². The number of rotatable bonds is 4. The van der Waals surface area contributed by atoms with E-state index in [-0.39, 0.29) is 0 Å². The topological polar surface area (TPSA) is 40.7 Å². The average Bonchev–Trinajstić information content (AvgIpc) is 3.07. The van der Waals surface area contributed by atoms with Crippen LogP contribution in [0, 0.1) is 6.92 Å². The van der Waals surface area contributed by atoms with Crippen LogP contribution < -0.4 is 5.32 Å². The number of halogens is 1. The number of nitrogens with one attached hydrogen (secondary N) is 2. The maximum Gasteiger partial charge on any atom is 0.121 e. The van der Waals surface area contributed by atoms with Gasteiger partial charge in [0.15, 0.2) is 0 Å². The first-order valence-corrected chi connectivity index (χ1v) is 7.65. The van der Waals surface area contributed by atoms with Crippen LogP contribution in [0.1, 0.15) is 37.2 Å². The molecule has 1 aliphatic rings. The largest absolute Gasteiger partial charge is 0.344 e. The fourth-order valence-corrected chi connectivity index (χ4v) is 2.99. The predicted molar refractivity (Wildman–Crippen MR) is 82.9 cm³/mol. The molecular weight excluding hydrogens is 270 g/mol. The monoisotopic (exact) mass is 289 g/mol. The Morgan fingerprint density at radius 1 is 1.25 bits per heavy atom. The maximum atomic E-state index is 5.93. The van der Waals surface area contributed by atoms with Gasteiger partial charge in [-0.1, -0.05) is 36.6 Å². The zero-order chi connectivity index (χ0) is 13.9. The summed E-state index contributed by atoms with van der Waals surface area (Å²) >= 11 is 5.93. The summed E-state index contributed by atoms with van der Waals surface area (Å²) in [6, 6.07) is 8.50. The number of aryl methyl sites for hydroxylation is 1. The minimum Gasteiger partial charge on any atom is -0.344 e. The number of benzene rings is 1. The first-order valence-electron chi connectivity index (χ1n) is 7.27. The number of H-pyrrole nitrogens is 1. The van der Waals surface area contributed by atoms with Gasteiger partial charge in [-0.25, -0.2) is 4.98 Å². The Hall–Kier alpha value is -1.32. The van der Waals surface area contributed by atoms with Crippen LogP contribution in [0.25, 0.3) is 11.3 Å². The van der Waals surface area contributed by atoms with Crippen LogP contribution in [0.2, 0.25) is 5.02 Å². The van der Waals surface area contributed by atoms with Gasteiger partial charge in [-0.3, -0.25) is 0 Å². The molecule has 3 rings (SSSR count). The molecule has 3 nitrogen and oxygen atoms in total. The first kappa shape index (κ1) is 13.7. The number of aromatic amines is 1. The van der Waals surface area contributed by atoms with Gasteiger partial charge in [0, 0.05) is 22.3 Å². The highest BCUT2D eigenvalue weighted by atomic mass is 35.5. The predicted octanol–water partition coefficient (Wildman–Crippen LogP) is 4.07. The van der Waals surface area contributed by atoms with E-state index in [1.807, 2.05) is 24.3 Å². The Balaban J connectivity index is 1.71. The fourth-order valence-electron chi connectivity index (χ4n) is 2.87. The molecule has 1 aromatic carbocycles. The van der Waals surface area contributed by atoms with Crippen molar-refractivity contribution in [1.82, 2.24) is 15.3 Å². The molecule has 1 aromatic heterocycles. The maximum absolute atomic E-state index is 5.93. The van der Waals surface area contributed by atoms with E-state index in [0.29, 0.717) is 6.04 Å². The zero-order valence-electron chi connectivity index (χ0n) is 11.7. The lowest BCUT2D eigenvalue weighted by atomic mass is 10.1. The Labute approximate surface area is 124 Å². The van der Waals surface area contributed by atoms with Gasteiger partial charge in [-0.15, -0.1) is 0 Å². The van der Waals surface area contributed by atoms with Crippen LogP contribution in [0.5, 0.6) is 0 Å². The van der Waals surface area contributed by atoms with Crippen molar-refractivity contribution in [2.24, 2.45) is 0 Å². The van der Waals surface area contributed by atoms with E-state index in [1.165, 1.54) is 25.7 Å². The van der Waals surface area contributed by atoms with Crippen LogP contribution in [0.3, 0.4) is 0 Å². The van der Waals surface area contributed by atoms with E-state index >= 15 is 0 Å². The standard InChI is InChI=1S/C16H20ClN3/c1-11-16(12-6-8-13(17)9-7-12)20-15(19-11)10-18-14-4-2-3-5-14/h6-9,14,18H,2-5,10H2,1H3,(H,19,20). The number of imidazole rings is 1. The Bertz CT molecular complexity index is 568. The third kappa shape index (κ3) is 3.05. The van der Waals surface area contributed by atoms with Crippen molar-refractivity contribution in [2.45, 2.75) is 45.2 Å². The minimum absolute atomic E-state index is 0.666. The summed E-state index contributed by atoms with van der Waals surface area (Å²) in [4.78, 5) is 8.08. The summed E-state index contributed by atoms with van der Waals surface area (Å²) in [6.07, 6.45) is 5.29. The van der Waals surface area contributed by atoms with Crippen LogP contribution in [0.4, 0.5) is 0 Å². The zero-order valence-corrected chi connectivity index (χ0v) is 12.5. The molecule has 0 atom stereocenters. The van der Waals surface area contributed by atoms with Crippen molar-refractivity contribution >= 4 is 11.6 Å². The molecule has 0 bridgehead atoms. The summed E-state index contributed by atoms with van der Waals surface area (Å²) in [5.74, 6) is 1.01. The van der Waals surface area contributed by atoms with E-state index in [9.17, 15) is 0 Å². The molecular formula is C16H20ClN3. The lowest BCUT2D eigenvalue weighted by molar-refractivity contribution is 0.515. The molecule has 0 radical (unpaired) electrons. The van der Waals surface area contributed by atoms with Crippen molar-refractivity contribution in [3.05, 3.63) is 40.8 Å². The van der Waals surface area contributed by atoms with E-state index in [0.717, 1.165) is 34.3 Å². The molecule has 0 aliphatic heterocycles. The smallest absolute Gasteiger partial charge is 0.121 e. The van der Waals surface area contributed by atoms with Crippen LogP contribution in [0.15, 0.2) is 24.3 Å². The van der Waals surface area contributed by atoms with Gasteiger partial charge >= 0.3 is 0 Å². The quantitative estimate of drug-likeness (QED) is 0.891. The second kappa shape index (κ2) is 5.98. The van der Waals surface area contributed by atoms with Gasteiger partial charge in [0.25, 0.3) is 0 Å². The minimum atomic E-state index is 0.666. The second-order valence-corrected chi connectivity index (χ2v) is 5.96. The van der Waals surface area contributed by atoms with Gasteiger partial charge in [-0.05, 0) is 31.9 Å². The number of nitrogens with zero attached hydrogens (tertiary/aromatic N) is 1. The first-order chi connectivity index (χ1) is 9.72. The number of hydrogen-bond donors (Lipinski definition) is 2. The average molecular weight is 290 g/mol. The molecule has 1 aliphatic carbocycles. The third-order valence-electron chi connectivity index (χ3n) is 3.96. The summed E-state index contributed by atoms with van der Waals surface area (Å²) in [6.45, 7) is 2.88. The molecule has 1 saturated carbocycles. The van der Waals surface area contributed by atoms with E-state index in [4.69, 9.17) is 16.6 Å². The molecule has 4 heteroatoms. The van der Waals surface area contributed by atoms with Gasteiger partial charge in [-0.2, -0.15) is 0 Å². The normalized spacial score (nSPS) is 15.9. The highest BCUT2D eigenvalue weighted by Gasteiger charge is 2.15. The number of aromatic nitrogens is 2. The molecule has 0 unspecified atom stereocenters. The van der Waals surface area contributed by atoms with Crippen molar-refractivity contribution < 1.29 is 0 Å². The van der Waals surface area contributed by atoms with Gasteiger partial charge in [0.1, 0.15) is 5.82 Å². The van der Waals surface area contributed by atoms with Crippen molar-refractivity contribution in [2.75, 3.05) is 0 Å². The van der Waals surface area contributed by atoms with Gasteiger partial charge < -0.3 is 10.3 Å². The van der Waals surface area contributed by atoms with E-state index in [1.54, 1.807) is 0 Å². The van der Waals surface area contributed by atoms with E-state index < -0.39 is 0 Å². The lowest BCUT2D eigenvalue weighted by Crippen LogP contribution is -2.25. The Morgan fingerprint density at radius 2 is 1.95 bits per heavy atom. The molecule has 20 heavy (non-hydrogen) atoms. The molecule has 1 heterocycles. The van der Waals surface area contributed by atoms with Gasteiger partial charge in [0.2, 0.25) is 0 Å². The molecule has 0 spiro atoms. The van der Waals surface area contributed by atoms with Crippen LogP contribution >= 0.6 is 11.6 Å². The van der Waals surface area contributed by atoms with Gasteiger partial charge in [0.05, 0.1) is 12.2 Å². The van der Waals surface area contributed by atoms with Crippen molar-refractivity contribution in [3.8, 4) is 11.3 Å².